The molecule has 9 heteroatoms. The molecule has 2 aromatic rings. The van der Waals surface area contributed by atoms with E-state index < -0.39 is 44.3 Å². The highest BCUT2D eigenvalue weighted by Crippen LogP contribution is 2.39. The lowest BCUT2D eigenvalue weighted by Gasteiger charge is -2.33. The third kappa shape index (κ3) is 5.13. The number of hydrogen-bond acceptors (Lipinski definition) is 4. The van der Waals surface area contributed by atoms with Crippen molar-refractivity contribution in [3.8, 4) is 0 Å². The minimum absolute atomic E-state index is 0.0660. The maximum atomic E-state index is 13.4. The predicted octanol–water partition coefficient (Wildman–Crippen LogP) is 4.49. The average molecular weight is 480 g/mol. The monoisotopic (exact) mass is 479 g/mol. The molecule has 5 nitrogen and oxygen atoms in total. The highest BCUT2D eigenvalue weighted by molar-refractivity contribution is 7.93. The third-order valence-corrected chi connectivity index (χ3v) is 8.46. The van der Waals surface area contributed by atoms with Crippen molar-refractivity contribution in [2.24, 2.45) is 0 Å². The minimum atomic E-state index is -4.44. The molecule has 1 heterocycles. The van der Waals surface area contributed by atoms with Crippen molar-refractivity contribution in [3.63, 3.8) is 0 Å². The van der Waals surface area contributed by atoms with Crippen LogP contribution in [0.1, 0.15) is 63.4 Å². The first-order chi connectivity index (χ1) is 15.6. The van der Waals surface area contributed by atoms with Crippen LogP contribution in [0.5, 0.6) is 0 Å². The third-order valence-electron chi connectivity index (χ3n) is 6.31. The first-order valence-electron chi connectivity index (χ1n) is 10.9. The quantitative estimate of drug-likeness (QED) is 0.573. The van der Waals surface area contributed by atoms with E-state index in [0.717, 1.165) is 6.07 Å². The molecule has 1 aliphatic carbocycles. The van der Waals surface area contributed by atoms with Crippen molar-refractivity contribution in [2.45, 2.75) is 43.0 Å². The maximum Gasteiger partial charge on any atom is 0.416 e. The van der Waals surface area contributed by atoms with E-state index >= 15 is 0 Å². The second kappa shape index (κ2) is 8.93. The number of rotatable bonds is 6. The largest absolute Gasteiger partial charge is 0.416 e. The van der Waals surface area contributed by atoms with E-state index in [1.807, 2.05) is 0 Å². The van der Waals surface area contributed by atoms with Crippen LogP contribution < -0.4 is 0 Å². The van der Waals surface area contributed by atoms with Gasteiger partial charge in [0.2, 0.25) is 0 Å². The highest BCUT2D eigenvalue weighted by atomic mass is 32.2. The summed E-state index contributed by atoms with van der Waals surface area (Å²) in [6.07, 6.45) is -2.59. The molecule has 0 radical (unpaired) electrons. The number of sulfone groups is 1. The fourth-order valence-corrected chi connectivity index (χ4v) is 6.00. The van der Waals surface area contributed by atoms with Crippen molar-refractivity contribution >= 4 is 21.5 Å². The second-order valence-electron chi connectivity index (χ2n) is 8.63. The number of ketones is 1. The number of carbonyl (C=O) groups excluding carboxylic acids is 2. The lowest BCUT2D eigenvalue weighted by Crippen LogP contribution is -2.39. The van der Waals surface area contributed by atoms with Gasteiger partial charge in [-0.05, 0) is 49.3 Å². The molecule has 0 unspecified atom stereocenters. The zero-order chi connectivity index (χ0) is 23.8. The number of benzene rings is 2. The van der Waals surface area contributed by atoms with Gasteiger partial charge in [0, 0.05) is 18.7 Å². The van der Waals surface area contributed by atoms with Gasteiger partial charge in [0.25, 0.3) is 5.91 Å². The standard InChI is InChI=1S/C24H24F3NO4S/c25-24(26,27)21-8-4-3-5-18(21)16-11-13-28(14-12-16)23(30)20-7-2-1-6-19(20)22(29)15-33(31,32)17-9-10-17/h1-8,16-17H,9-15H2. The molecular formula is C24H24F3NO4S. The van der Waals surface area contributed by atoms with Crippen molar-refractivity contribution in [3.05, 3.63) is 70.8 Å². The van der Waals surface area contributed by atoms with Crippen LogP contribution in [-0.2, 0) is 16.0 Å². The van der Waals surface area contributed by atoms with Gasteiger partial charge in [-0.3, -0.25) is 9.59 Å². The number of hydrogen-bond donors (Lipinski definition) is 0. The minimum Gasteiger partial charge on any atom is -0.339 e. The molecule has 2 aromatic carbocycles. The molecule has 176 valence electrons. The summed E-state index contributed by atoms with van der Waals surface area (Å²) in [4.78, 5) is 27.4. The number of likely N-dealkylation sites (tertiary alicyclic amines) is 1. The fourth-order valence-electron chi connectivity index (χ4n) is 4.39. The van der Waals surface area contributed by atoms with E-state index in [0.29, 0.717) is 25.7 Å². The zero-order valence-electron chi connectivity index (χ0n) is 17.8. The van der Waals surface area contributed by atoms with Gasteiger partial charge in [0.15, 0.2) is 15.6 Å². The number of amides is 1. The number of alkyl halides is 3. The highest BCUT2D eigenvalue weighted by Gasteiger charge is 2.38. The van der Waals surface area contributed by atoms with E-state index in [9.17, 15) is 31.2 Å². The lowest BCUT2D eigenvalue weighted by atomic mass is 9.86. The van der Waals surface area contributed by atoms with Gasteiger partial charge in [-0.25, -0.2) is 8.42 Å². The van der Waals surface area contributed by atoms with Crippen LogP contribution in [0.25, 0.3) is 0 Å². The van der Waals surface area contributed by atoms with E-state index in [1.165, 1.54) is 29.2 Å². The Hall–Kier alpha value is -2.68. The van der Waals surface area contributed by atoms with Gasteiger partial charge < -0.3 is 4.90 Å². The Kier molecular flexibility index (Phi) is 6.35. The van der Waals surface area contributed by atoms with Crippen molar-refractivity contribution < 1.29 is 31.2 Å². The second-order valence-corrected chi connectivity index (χ2v) is 10.9. The maximum absolute atomic E-state index is 13.4. The molecule has 1 saturated heterocycles. The number of piperidine rings is 1. The van der Waals surface area contributed by atoms with Crippen molar-refractivity contribution in [2.75, 3.05) is 18.8 Å². The van der Waals surface area contributed by atoms with Crippen LogP contribution in [-0.4, -0.2) is 49.1 Å². The molecule has 0 atom stereocenters. The van der Waals surface area contributed by atoms with Gasteiger partial charge in [-0.2, -0.15) is 13.2 Å². The van der Waals surface area contributed by atoms with E-state index in [2.05, 4.69) is 0 Å². The van der Waals surface area contributed by atoms with Gasteiger partial charge in [0.1, 0.15) is 5.75 Å². The summed E-state index contributed by atoms with van der Waals surface area (Å²) in [5.74, 6) is -1.98. The molecule has 0 aromatic heterocycles. The Morgan fingerprint density at radius 2 is 1.45 bits per heavy atom. The zero-order valence-corrected chi connectivity index (χ0v) is 18.7. The molecule has 1 aliphatic heterocycles. The fraction of sp³-hybridized carbons (Fsp3) is 0.417. The molecule has 2 fully saturated rings. The topological polar surface area (TPSA) is 71.5 Å². The number of carbonyl (C=O) groups is 2. The smallest absolute Gasteiger partial charge is 0.339 e. The molecule has 0 N–H and O–H groups in total. The molecule has 0 bridgehead atoms. The number of Topliss-reactive ketones (excluding diaryl/α,β-unsaturated/α-hetero) is 1. The lowest BCUT2D eigenvalue weighted by molar-refractivity contribution is -0.138. The summed E-state index contributed by atoms with van der Waals surface area (Å²) < 4.78 is 64.6. The Morgan fingerprint density at radius 3 is 2.06 bits per heavy atom. The van der Waals surface area contributed by atoms with Crippen LogP contribution in [0.2, 0.25) is 0 Å². The Balaban J connectivity index is 1.48. The van der Waals surface area contributed by atoms with E-state index in [1.54, 1.807) is 18.2 Å². The van der Waals surface area contributed by atoms with E-state index in [-0.39, 0.29) is 35.7 Å². The molecule has 1 saturated carbocycles. The SMILES string of the molecule is O=C(CS(=O)(=O)C1CC1)c1ccccc1C(=O)N1CCC(c2ccccc2C(F)(F)F)CC1. The predicted molar refractivity (Wildman–Crippen MR) is 117 cm³/mol. The first-order valence-corrected chi connectivity index (χ1v) is 12.6. The van der Waals surface area contributed by atoms with E-state index in [4.69, 9.17) is 0 Å². The average Bonchev–Trinajstić information content (AvgIpc) is 3.64. The van der Waals surface area contributed by atoms with Gasteiger partial charge in [0.05, 0.1) is 16.4 Å². The number of halogens is 3. The Morgan fingerprint density at radius 1 is 0.879 bits per heavy atom. The molecule has 2 aliphatic rings. The molecule has 33 heavy (non-hydrogen) atoms. The summed E-state index contributed by atoms with van der Waals surface area (Å²) in [7, 11) is -3.52. The Labute approximate surface area is 190 Å². The van der Waals surface area contributed by atoms with Gasteiger partial charge in [-0.1, -0.05) is 36.4 Å². The summed E-state index contributed by atoms with van der Waals surface area (Å²) in [5.41, 5.74) is -0.223. The normalized spacial score (nSPS) is 17.7. The van der Waals surface area contributed by atoms with Crippen molar-refractivity contribution in [1.29, 1.82) is 0 Å². The van der Waals surface area contributed by atoms with Crippen LogP contribution in [0.15, 0.2) is 48.5 Å². The molecule has 0 spiro atoms. The van der Waals surface area contributed by atoms with Crippen molar-refractivity contribution in [1.82, 2.24) is 4.90 Å². The van der Waals surface area contributed by atoms with Crippen LogP contribution in [0.3, 0.4) is 0 Å². The summed E-state index contributed by atoms with van der Waals surface area (Å²) in [5, 5.41) is -0.470. The number of nitrogens with zero attached hydrogens (tertiary/aromatic N) is 1. The van der Waals surface area contributed by atoms with Gasteiger partial charge in [-0.15, -0.1) is 0 Å². The Bertz CT molecular complexity index is 1160. The van der Waals surface area contributed by atoms with Crippen LogP contribution in [0.4, 0.5) is 13.2 Å². The summed E-state index contributed by atoms with van der Waals surface area (Å²) in [6, 6.07) is 11.6. The van der Waals surface area contributed by atoms with Crippen LogP contribution >= 0.6 is 0 Å². The van der Waals surface area contributed by atoms with Gasteiger partial charge >= 0.3 is 6.18 Å². The summed E-state index contributed by atoms with van der Waals surface area (Å²) >= 11 is 0. The molecule has 4 rings (SSSR count). The summed E-state index contributed by atoms with van der Waals surface area (Å²) in [6.45, 7) is 0.497. The molecule has 1 amide bonds. The first kappa shape index (κ1) is 23.5. The van der Waals surface area contributed by atoms with Crippen LogP contribution in [0, 0.1) is 0 Å². The molecular weight excluding hydrogens is 455 g/mol.